The van der Waals surface area contributed by atoms with Gasteiger partial charge in [-0.1, -0.05) is 36.4 Å². The van der Waals surface area contributed by atoms with Crippen LogP contribution in [0.25, 0.3) is 16.9 Å². The van der Waals surface area contributed by atoms with Crippen LogP contribution in [0.4, 0.5) is 5.69 Å². The van der Waals surface area contributed by atoms with Crippen LogP contribution in [0.2, 0.25) is 0 Å². The highest BCUT2D eigenvalue weighted by Gasteiger charge is 2.32. The summed E-state index contributed by atoms with van der Waals surface area (Å²) in [5, 5.41) is 13.0. The van der Waals surface area contributed by atoms with E-state index < -0.39 is 0 Å². The van der Waals surface area contributed by atoms with Crippen molar-refractivity contribution < 1.29 is 14.6 Å². The molecule has 0 saturated carbocycles. The van der Waals surface area contributed by atoms with E-state index >= 15 is 0 Å². The van der Waals surface area contributed by atoms with Gasteiger partial charge in [0.1, 0.15) is 5.65 Å². The fraction of sp³-hybridized carbons (Fsp3) is 0.130. The number of pyridine rings is 1. The van der Waals surface area contributed by atoms with Gasteiger partial charge in [0.2, 0.25) is 5.91 Å². The molecule has 144 valence electrons. The standard InChI is InChI=1S/C23H19N3O3/c1-29-19-11-15-16(12-21(28)24-17(15)13-18(19)27)23-22(14-7-3-2-4-8-14)25-20-9-5-6-10-26(20)23/h2-11,13,16,27H,12H2,1H3,(H,24,28)/t16-/m1/s1. The highest BCUT2D eigenvalue weighted by Crippen LogP contribution is 2.45. The average molecular weight is 385 g/mol. The molecule has 2 aromatic carbocycles. The van der Waals surface area contributed by atoms with E-state index in [-0.39, 0.29) is 24.0 Å². The number of ether oxygens (including phenoxy) is 1. The van der Waals surface area contributed by atoms with Gasteiger partial charge in [0.15, 0.2) is 11.5 Å². The number of benzene rings is 2. The number of nitrogens with zero attached hydrogens (tertiary/aromatic N) is 2. The molecule has 6 nitrogen and oxygen atoms in total. The number of nitrogens with one attached hydrogen (secondary N) is 1. The van der Waals surface area contributed by atoms with Crippen LogP contribution in [0.15, 0.2) is 66.9 Å². The lowest BCUT2D eigenvalue weighted by molar-refractivity contribution is -0.116. The lowest BCUT2D eigenvalue weighted by Gasteiger charge is -2.27. The Morgan fingerprint density at radius 3 is 2.72 bits per heavy atom. The summed E-state index contributed by atoms with van der Waals surface area (Å²) < 4.78 is 7.36. The Bertz CT molecular complexity index is 1230. The van der Waals surface area contributed by atoms with Gasteiger partial charge in [-0.05, 0) is 23.8 Å². The van der Waals surface area contributed by atoms with Crippen LogP contribution in [0, 0.1) is 0 Å². The Balaban J connectivity index is 1.80. The van der Waals surface area contributed by atoms with Crippen molar-refractivity contribution in [1.82, 2.24) is 9.38 Å². The summed E-state index contributed by atoms with van der Waals surface area (Å²) in [6, 6.07) is 19.2. The summed E-state index contributed by atoms with van der Waals surface area (Å²) in [6.45, 7) is 0. The molecule has 1 aliphatic heterocycles. The van der Waals surface area contributed by atoms with Crippen LogP contribution < -0.4 is 10.1 Å². The highest BCUT2D eigenvalue weighted by atomic mass is 16.5. The minimum atomic E-state index is -0.235. The number of hydrogen-bond acceptors (Lipinski definition) is 4. The number of aromatic nitrogens is 2. The van der Waals surface area contributed by atoms with Gasteiger partial charge >= 0.3 is 0 Å². The van der Waals surface area contributed by atoms with Crippen molar-refractivity contribution >= 4 is 17.2 Å². The normalized spacial score (nSPS) is 15.8. The number of anilines is 1. The van der Waals surface area contributed by atoms with Crippen molar-refractivity contribution in [2.24, 2.45) is 0 Å². The number of carbonyl (C=O) groups excluding carboxylic acids is 1. The Morgan fingerprint density at radius 2 is 1.93 bits per heavy atom. The highest BCUT2D eigenvalue weighted by molar-refractivity contribution is 5.96. The molecule has 3 heterocycles. The molecule has 0 aliphatic carbocycles. The molecule has 0 saturated heterocycles. The SMILES string of the molecule is COc1cc2c(cc1O)NC(=O)C[C@H]2c1c(-c2ccccc2)nc2ccccn12. The number of fused-ring (bicyclic) bond motifs is 2. The van der Waals surface area contributed by atoms with Crippen molar-refractivity contribution in [3.8, 4) is 22.8 Å². The molecule has 0 radical (unpaired) electrons. The first-order valence-corrected chi connectivity index (χ1v) is 9.39. The third kappa shape index (κ3) is 2.81. The fourth-order valence-electron chi connectivity index (χ4n) is 4.04. The zero-order valence-corrected chi connectivity index (χ0v) is 15.8. The lowest BCUT2D eigenvalue weighted by Crippen LogP contribution is -2.24. The zero-order chi connectivity index (χ0) is 20.0. The Morgan fingerprint density at radius 1 is 1.14 bits per heavy atom. The molecule has 0 fully saturated rings. The van der Waals surface area contributed by atoms with Gasteiger partial charge < -0.3 is 19.6 Å². The van der Waals surface area contributed by atoms with Gasteiger partial charge in [0.25, 0.3) is 0 Å². The number of aromatic hydroxyl groups is 1. The Labute approximate surface area is 167 Å². The number of phenols is 1. The number of phenolic OH excluding ortho intramolecular Hbond substituents is 1. The predicted molar refractivity (Wildman–Crippen MR) is 110 cm³/mol. The second kappa shape index (κ2) is 6.67. The monoisotopic (exact) mass is 385 g/mol. The van der Waals surface area contributed by atoms with Gasteiger partial charge in [-0.15, -0.1) is 0 Å². The van der Waals surface area contributed by atoms with E-state index in [0.29, 0.717) is 11.4 Å². The third-order valence-corrected chi connectivity index (χ3v) is 5.33. The van der Waals surface area contributed by atoms with E-state index in [1.165, 1.54) is 7.11 Å². The first-order valence-electron chi connectivity index (χ1n) is 9.39. The molecule has 1 atom stereocenters. The maximum Gasteiger partial charge on any atom is 0.225 e. The average Bonchev–Trinajstić information content (AvgIpc) is 3.12. The van der Waals surface area contributed by atoms with Gasteiger partial charge in [-0.2, -0.15) is 0 Å². The summed E-state index contributed by atoms with van der Waals surface area (Å²) in [4.78, 5) is 17.4. The van der Waals surface area contributed by atoms with Crippen molar-refractivity contribution in [3.05, 3.63) is 78.1 Å². The van der Waals surface area contributed by atoms with Crippen LogP contribution >= 0.6 is 0 Å². The Hall–Kier alpha value is -3.80. The predicted octanol–water partition coefficient (Wildman–Crippen LogP) is 4.19. The van der Waals surface area contributed by atoms with Crippen LogP contribution in [0.1, 0.15) is 23.6 Å². The molecular weight excluding hydrogens is 366 g/mol. The number of rotatable bonds is 3. The minimum Gasteiger partial charge on any atom is -0.504 e. The lowest BCUT2D eigenvalue weighted by atomic mass is 9.85. The summed E-state index contributed by atoms with van der Waals surface area (Å²) in [5.41, 5.74) is 5.07. The van der Waals surface area contributed by atoms with Crippen molar-refractivity contribution in [2.75, 3.05) is 12.4 Å². The van der Waals surface area contributed by atoms with E-state index in [2.05, 4.69) is 5.32 Å². The van der Waals surface area contributed by atoms with Crippen LogP contribution in [0.3, 0.4) is 0 Å². The van der Waals surface area contributed by atoms with Gasteiger partial charge in [-0.3, -0.25) is 4.79 Å². The molecule has 29 heavy (non-hydrogen) atoms. The zero-order valence-electron chi connectivity index (χ0n) is 15.8. The van der Waals surface area contributed by atoms with Gasteiger partial charge in [0.05, 0.1) is 18.5 Å². The number of imidazole rings is 1. The molecule has 0 unspecified atom stereocenters. The van der Waals surface area contributed by atoms with E-state index in [1.54, 1.807) is 12.1 Å². The fourth-order valence-corrected chi connectivity index (χ4v) is 4.04. The molecule has 2 aromatic heterocycles. The second-order valence-corrected chi connectivity index (χ2v) is 7.06. The topological polar surface area (TPSA) is 75.9 Å². The maximum absolute atomic E-state index is 12.5. The molecule has 0 bridgehead atoms. The molecule has 5 rings (SSSR count). The van der Waals surface area contributed by atoms with Crippen molar-refractivity contribution in [3.63, 3.8) is 0 Å². The van der Waals surface area contributed by atoms with E-state index in [9.17, 15) is 9.90 Å². The van der Waals surface area contributed by atoms with Crippen molar-refractivity contribution in [1.29, 1.82) is 0 Å². The summed E-state index contributed by atoms with van der Waals surface area (Å²) in [5.74, 6) is 0.0337. The van der Waals surface area contributed by atoms with Gasteiger partial charge in [0, 0.05) is 35.9 Å². The molecule has 4 aromatic rings. The molecule has 2 N–H and O–H groups in total. The molecule has 6 heteroatoms. The quantitative estimate of drug-likeness (QED) is 0.554. The number of hydrogen-bond donors (Lipinski definition) is 2. The van der Waals surface area contributed by atoms with Crippen LogP contribution in [-0.2, 0) is 4.79 Å². The number of methoxy groups -OCH3 is 1. The van der Waals surface area contributed by atoms with Crippen LogP contribution in [-0.4, -0.2) is 27.5 Å². The van der Waals surface area contributed by atoms with E-state index in [1.807, 2.05) is 59.1 Å². The maximum atomic E-state index is 12.5. The van der Waals surface area contributed by atoms with Crippen molar-refractivity contribution in [2.45, 2.75) is 12.3 Å². The molecular formula is C23H19N3O3. The number of amides is 1. The molecule has 1 amide bonds. The smallest absolute Gasteiger partial charge is 0.225 e. The number of carbonyl (C=O) groups is 1. The van der Waals surface area contributed by atoms with Gasteiger partial charge in [-0.25, -0.2) is 4.98 Å². The minimum absolute atomic E-state index is 0.00590. The Kier molecular flexibility index (Phi) is 3.98. The largest absolute Gasteiger partial charge is 0.504 e. The summed E-state index contributed by atoms with van der Waals surface area (Å²) in [6.07, 6.45) is 2.25. The molecule has 1 aliphatic rings. The van der Waals surface area contributed by atoms with E-state index in [0.717, 1.165) is 28.2 Å². The van der Waals surface area contributed by atoms with E-state index in [4.69, 9.17) is 9.72 Å². The first kappa shape index (κ1) is 17.3. The summed E-state index contributed by atoms with van der Waals surface area (Å²) in [7, 11) is 1.52. The molecule has 0 spiro atoms. The first-order chi connectivity index (χ1) is 14.2. The second-order valence-electron chi connectivity index (χ2n) is 7.06. The van der Waals surface area contributed by atoms with Crippen LogP contribution in [0.5, 0.6) is 11.5 Å². The third-order valence-electron chi connectivity index (χ3n) is 5.33. The summed E-state index contributed by atoms with van der Waals surface area (Å²) >= 11 is 0.